The lowest BCUT2D eigenvalue weighted by Gasteiger charge is -2.32. The van der Waals surface area contributed by atoms with Crippen molar-refractivity contribution in [3.05, 3.63) is 63.8 Å². The van der Waals surface area contributed by atoms with Crippen LogP contribution in [0, 0.1) is 0 Å². The summed E-state index contributed by atoms with van der Waals surface area (Å²) in [5.41, 5.74) is 4.03. The lowest BCUT2D eigenvalue weighted by Crippen LogP contribution is -2.44. The van der Waals surface area contributed by atoms with Gasteiger partial charge in [0.25, 0.3) is 0 Å². The van der Waals surface area contributed by atoms with Crippen molar-refractivity contribution in [1.82, 2.24) is 9.88 Å². The quantitative estimate of drug-likeness (QED) is 0.580. The summed E-state index contributed by atoms with van der Waals surface area (Å²) < 4.78 is 5.75. The summed E-state index contributed by atoms with van der Waals surface area (Å²) >= 11 is 3.45. The van der Waals surface area contributed by atoms with E-state index in [9.17, 15) is 9.59 Å². The molecule has 1 aromatic heterocycles. The van der Waals surface area contributed by atoms with E-state index in [0.717, 1.165) is 34.9 Å². The molecule has 0 spiro atoms. The van der Waals surface area contributed by atoms with Crippen molar-refractivity contribution >= 4 is 44.4 Å². The van der Waals surface area contributed by atoms with Crippen LogP contribution in [0.4, 0.5) is 5.69 Å². The van der Waals surface area contributed by atoms with E-state index in [1.165, 1.54) is 18.2 Å². The Morgan fingerprint density at radius 3 is 2.72 bits per heavy atom. The van der Waals surface area contributed by atoms with Crippen molar-refractivity contribution in [1.29, 1.82) is 0 Å². The van der Waals surface area contributed by atoms with Gasteiger partial charge in [0.15, 0.2) is 0 Å². The zero-order valence-electron chi connectivity index (χ0n) is 16.3. The number of H-pyrrole nitrogens is 1. The standard InChI is InChI=1S/C22H22BrN3O3/c1-13(26-10-9-14-5-3-4-6-15(14)12-26)21(27)25-19-17-11-16(23)7-8-18(17)24-20(19)22(28)29-2/h3-8,11,13,24H,9-10,12H2,1-2H3,(H,25,27)/t13-/m1/s1. The van der Waals surface area contributed by atoms with Crippen LogP contribution in [0.2, 0.25) is 0 Å². The lowest BCUT2D eigenvalue weighted by molar-refractivity contribution is -0.121. The molecule has 2 heterocycles. The van der Waals surface area contributed by atoms with E-state index in [2.05, 4.69) is 43.3 Å². The van der Waals surface area contributed by atoms with Gasteiger partial charge in [0.1, 0.15) is 5.69 Å². The average molecular weight is 456 g/mol. The maximum Gasteiger partial charge on any atom is 0.356 e. The van der Waals surface area contributed by atoms with Crippen LogP contribution in [-0.2, 0) is 22.5 Å². The van der Waals surface area contributed by atoms with Crippen LogP contribution >= 0.6 is 15.9 Å². The number of rotatable bonds is 4. The van der Waals surface area contributed by atoms with E-state index in [4.69, 9.17) is 4.74 Å². The van der Waals surface area contributed by atoms with Crippen molar-refractivity contribution in [2.75, 3.05) is 19.0 Å². The van der Waals surface area contributed by atoms with E-state index < -0.39 is 5.97 Å². The Balaban J connectivity index is 1.60. The molecule has 0 unspecified atom stereocenters. The smallest absolute Gasteiger partial charge is 0.356 e. The minimum atomic E-state index is -0.521. The Labute approximate surface area is 177 Å². The van der Waals surface area contributed by atoms with Gasteiger partial charge in [-0.25, -0.2) is 4.79 Å². The summed E-state index contributed by atoms with van der Waals surface area (Å²) in [6.45, 7) is 3.44. The lowest BCUT2D eigenvalue weighted by atomic mass is 9.98. The van der Waals surface area contributed by atoms with E-state index in [0.29, 0.717) is 5.69 Å². The maximum atomic E-state index is 13.1. The molecule has 1 aliphatic rings. The predicted octanol–water partition coefficient (Wildman–Crippen LogP) is 4.10. The van der Waals surface area contributed by atoms with Gasteiger partial charge in [-0.15, -0.1) is 0 Å². The zero-order valence-corrected chi connectivity index (χ0v) is 17.9. The maximum absolute atomic E-state index is 13.1. The summed E-state index contributed by atoms with van der Waals surface area (Å²) in [7, 11) is 1.32. The van der Waals surface area contributed by atoms with E-state index in [-0.39, 0.29) is 17.6 Å². The number of aromatic amines is 1. The van der Waals surface area contributed by atoms with Gasteiger partial charge < -0.3 is 15.0 Å². The number of benzene rings is 2. The van der Waals surface area contributed by atoms with Crippen molar-refractivity contribution < 1.29 is 14.3 Å². The minimum Gasteiger partial charge on any atom is -0.464 e. The molecule has 1 aliphatic heterocycles. The molecule has 150 valence electrons. The molecule has 0 radical (unpaired) electrons. The van der Waals surface area contributed by atoms with Crippen LogP contribution in [-0.4, -0.2) is 41.5 Å². The molecule has 3 aromatic rings. The fraction of sp³-hybridized carbons (Fsp3) is 0.273. The molecular weight excluding hydrogens is 434 g/mol. The van der Waals surface area contributed by atoms with Gasteiger partial charge in [-0.05, 0) is 42.7 Å². The normalized spacial score (nSPS) is 15.0. The number of nitrogens with one attached hydrogen (secondary N) is 2. The number of fused-ring (bicyclic) bond motifs is 2. The van der Waals surface area contributed by atoms with Gasteiger partial charge in [-0.1, -0.05) is 40.2 Å². The van der Waals surface area contributed by atoms with Crippen molar-refractivity contribution in [2.24, 2.45) is 0 Å². The Bertz CT molecular complexity index is 1090. The number of nitrogens with zero attached hydrogens (tertiary/aromatic N) is 1. The molecular formula is C22H22BrN3O3. The first-order valence-electron chi connectivity index (χ1n) is 9.49. The van der Waals surface area contributed by atoms with Crippen molar-refractivity contribution in [3.8, 4) is 0 Å². The largest absolute Gasteiger partial charge is 0.464 e. The van der Waals surface area contributed by atoms with Crippen molar-refractivity contribution in [2.45, 2.75) is 25.9 Å². The molecule has 2 N–H and O–H groups in total. The van der Waals surface area contributed by atoms with Gasteiger partial charge in [0.2, 0.25) is 5.91 Å². The van der Waals surface area contributed by atoms with Gasteiger partial charge in [0.05, 0.1) is 18.8 Å². The molecule has 2 aromatic carbocycles. The number of amides is 1. The highest BCUT2D eigenvalue weighted by Gasteiger charge is 2.27. The van der Waals surface area contributed by atoms with Crippen LogP contribution in [0.25, 0.3) is 10.9 Å². The number of anilines is 1. The second-order valence-electron chi connectivity index (χ2n) is 7.21. The Morgan fingerprint density at radius 1 is 1.21 bits per heavy atom. The molecule has 0 aliphatic carbocycles. The number of hydrogen-bond acceptors (Lipinski definition) is 4. The molecule has 4 rings (SSSR count). The van der Waals surface area contributed by atoms with Gasteiger partial charge in [-0.3, -0.25) is 9.69 Å². The Hall–Kier alpha value is -2.64. The van der Waals surface area contributed by atoms with Crippen LogP contribution in [0.15, 0.2) is 46.9 Å². The second-order valence-corrected chi connectivity index (χ2v) is 8.13. The molecule has 0 saturated carbocycles. The van der Waals surface area contributed by atoms with E-state index in [1.807, 2.05) is 37.3 Å². The third kappa shape index (κ3) is 3.80. The van der Waals surface area contributed by atoms with Crippen molar-refractivity contribution in [3.63, 3.8) is 0 Å². The third-order valence-electron chi connectivity index (χ3n) is 5.49. The molecule has 0 saturated heterocycles. The minimum absolute atomic E-state index is 0.157. The molecule has 0 fully saturated rings. The molecule has 1 atom stereocenters. The number of carbonyl (C=O) groups excluding carboxylic acids is 2. The summed E-state index contributed by atoms with van der Waals surface area (Å²) in [5.74, 6) is -0.678. The van der Waals surface area contributed by atoms with Crippen LogP contribution in [0.5, 0.6) is 0 Å². The highest BCUT2D eigenvalue weighted by molar-refractivity contribution is 9.10. The van der Waals surface area contributed by atoms with Crippen LogP contribution < -0.4 is 5.32 Å². The third-order valence-corrected chi connectivity index (χ3v) is 5.98. The molecule has 29 heavy (non-hydrogen) atoms. The predicted molar refractivity (Wildman–Crippen MR) is 116 cm³/mol. The molecule has 7 heteroatoms. The highest BCUT2D eigenvalue weighted by Crippen LogP contribution is 2.31. The number of ether oxygens (including phenoxy) is 1. The SMILES string of the molecule is COC(=O)c1[nH]c2ccc(Br)cc2c1NC(=O)[C@@H](C)N1CCc2ccccc2C1. The Morgan fingerprint density at radius 2 is 1.97 bits per heavy atom. The number of aromatic nitrogens is 1. The van der Waals surface area contributed by atoms with Gasteiger partial charge >= 0.3 is 5.97 Å². The van der Waals surface area contributed by atoms with E-state index in [1.54, 1.807) is 0 Å². The first-order chi connectivity index (χ1) is 14.0. The molecule has 1 amide bonds. The number of halogens is 1. The summed E-state index contributed by atoms with van der Waals surface area (Å²) in [5, 5.41) is 3.72. The van der Waals surface area contributed by atoms with Crippen LogP contribution in [0.3, 0.4) is 0 Å². The fourth-order valence-electron chi connectivity index (χ4n) is 3.79. The zero-order chi connectivity index (χ0) is 20.5. The highest BCUT2D eigenvalue weighted by atomic mass is 79.9. The number of hydrogen-bond donors (Lipinski definition) is 2. The van der Waals surface area contributed by atoms with Crippen LogP contribution in [0.1, 0.15) is 28.5 Å². The molecule has 6 nitrogen and oxygen atoms in total. The summed E-state index contributed by atoms with van der Waals surface area (Å²) in [4.78, 5) is 30.5. The summed E-state index contributed by atoms with van der Waals surface area (Å²) in [6, 6.07) is 13.6. The monoisotopic (exact) mass is 455 g/mol. The first-order valence-corrected chi connectivity index (χ1v) is 10.3. The van der Waals surface area contributed by atoms with E-state index >= 15 is 0 Å². The van der Waals surface area contributed by atoms with Gasteiger partial charge in [0, 0.05) is 28.5 Å². The summed E-state index contributed by atoms with van der Waals surface area (Å²) in [6.07, 6.45) is 0.918. The number of esters is 1. The average Bonchev–Trinajstić information content (AvgIpc) is 3.09. The first kappa shape index (κ1) is 19.7. The Kier molecular flexibility index (Phi) is 5.43. The van der Waals surface area contributed by atoms with Gasteiger partial charge in [-0.2, -0.15) is 0 Å². The fourth-order valence-corrected chi connectivity index (χ4v) is 4.15. The second kappa shape index (κ2) is 8.00. The molecule has 0 bridgehead atoms. The topological polar surface area (TPSA) is 74.4 Å². The number of carbonyl (C=O) groups is 2. The number of methoxy groups -OCH3 is 1.